The first-order chi connectivity index (χ1) is 12.0. The molecule has 2 aromatic rings. The summed E-state index contributed by atoms with van der Waals surface area (Å²) in [6, 6.07) is 7.01. The summed E-state index contributed by atoms with van der Waals surface area (Å²) >= 11 is 1.46. The molecular formula is C18H21N3O3S. The molecule has 0 bridgehead atoms. The van der Waals surface area contributed by atoms with Crippen molar-refractivity contribution in [2.24, 2.45) is 13.0 Å². The first-order valence-corrected chi connectivity index (χ1v) is 9.21. The van der Waals surface area contributed by atoms with Crippen LogP contribution in [0.15, 0.2) is 41.8 Å². The molecule has 1 N–H and O–H groups in total. The third-order valence-electron chi connectivity index (χ3n) is 4.47. The molecule has 0 radical (unpaired) electrons. The van der Waals surface area contributed by atoms with Crippen LogP contribution in [0.5, 0.6) is 0 Å². The van der Waals surface area contributed by atoms with Crippen molar-refractivity contribution in [3.63, 3.8) is 0 Å². The van der Waals surface area contributed by atoms with Crippen molar-refractivity contribution >= 4 is 23.6 Å². The van der Waals surface area contributed by atoms with Crippen molar-refractivity contribution in [3.05, 3.63) is 47.8 Å². The van der Waals surface area contributed by atoms with Crippen LogP contribution in [-0.4, -0.2) is 50.3 Å². The highest BCUT2D eigenvalue weighted by Crippen LogP contribution is 2.23. The lowest BCUT2D eigenvalue weighted by molar-refractivity contribution is -0.127. The number of imidazole rings is 1. The molecule has 1 aromatic carbocycles. The van der Waals surface area contributed by atoms with Crippen LogP contribution in [0, 0.1) is 5.92 Å². The van der Waals surface area contributed by atoms with E-state index >= 15 is 0 Å². The van der Waals surface area contributed by atoms with E-state index in [-0.39, 0.29) is 5.91 Å². The number of carbonyl (C=O) groups is 2. The first-order valence-electron chi connectivity index (χ1n) is 8.23. The molecule has 6 nitrogen and oxygen atoms in total. The quantitative estimate of drug-likeness (QED) is 0.801. The van der Waals surface area contributed by atoms with Gasteiger partial charge in [-0.05, 0) is 36.5 Å². The Balaban J connectivity index is 1.48. The van der Waals surface area contributed by atoms with Crippen LogP contribution in [0.1, 0.15) is 22.3 Å². The number of nitrogens with zero attached hydrogens (tertiary/aromatic N) is 3. The number of carboxylic acid groups (broad SMARTS) is 1. The lowest BCUT2D eigenvalue weighted by Crippen LogP contribution is -2.30. The fourth-order valence-electron chi connectivity index (χ4n) is 3.05. The average molecular weight is 359 g/mol. The standard InChI is InChI=1S/C18H21N3O3S/c1-20-9-7-19-18(20)25-12-16(22)21-8-6-14(11-21)10-13-2-4-15(5-3-13)17(23)24/h2-5,7,9,14H,6,8,10-12H2,1H3,(H,23,24)/t14-/m1/s1. The summed E-state index contributed by atoms with van der Waals surface area (Å²) in [6.45, 7) is 1.55. The van der Waals surface area contributed by atoms with Gasteiger partial charge in [-0.25, -0.2) is 9.78 Å². The van der Waals surface area contributed by atoms with Crippen molar-refractivity contribution in [3.8, 4) is 0 Å². The molecule has 1 aromatic heterocycles. The monoisotopic (exact) mass is 359 g/mol. The molecule has 1 amide bonds. The topological polar surface area (TPSA) is 75.4 Å². The van der Waals surface area contributed by atoms with Gasteiger partial charge in [0.1, 0.15) is 0 Å². The van der Waals surface area contributed by atoms with E-state index in [0.29, 0.717) is 17.2 Å². The van der Waals surface area contributed by atoms with Crippen molar-refractivity contribution in [1.82, 2.24) is 14.5 Å². The number of rotatable bonds is 6. The van der Waals surface area contributed by atoms with Crippen LogP contribution in [0.25, 0.3) is 0 Å². The summed E-state index contributed by atoms with van der Waals surface area (Å²) in [7, 11) is 1.92. The average Bonchev–Trinajstić information content (AvgIpc) is 3.22. The second kappa shape index (κ2) is 7.74. The van der Waals surface area contributed by atoms with Crippen LogP contribution in [0.4, 0.5) is 0 Å². The summed E-state index contributed by atoms with van der Waals surface area (Å²) in [6.07, 6.45) is 5.46. The van der Waals surface area contributed by atoms with Gasteiger partial charge in [0.05, 0.1) is 11.3 Å². The predicted octanol–water partition coefficient (Wildman–Crippen LogP) is 2.30. The molecule has 2 heterocycles. The lowest BCUT2D eigenvalue weighted by Gasteiger charge is -2.16. The van der Waals surface area contributed by atoms with Crippen molar-refractivity contribution < 1.29 is 14.7 Å². The number of carboxylic acids is 1. The number of carbonyl (C=O) groups excluding carboxylic acids is 1. The maximum Gasteiger partial charge on any atom is 0.335 e. The fraction of sp³-hybridized carbons (Fsp3) is 0.389. The predicted molar refractivity (Wildman–Crippen MR) is 95.7 cm³/mol. The van der Waals surface area contributed by atoms with Gasteiger partial charge < -0.3 is 14.6 Å². The molecule has 7 heteroatoms. The third kappa shape index (κ3) is 4.42. The largest absolute Gasteiger partial charge is 0.478 e. The maximum atomic E-state index is 12.4. The molecular weight excluding hydrogens is 338 g/mol. The Hall–Kier alpha value is -2.28. The Morgan fingerprint density at radius 3 is 2.72 bits per heavy atom. The van der Waals surface area contributed by atoms with E-state index in [2.05, 4.69) is 4.98 Å². The van der Waals surface area contributed by atoms with Crippen LogP contribution in [-0.2, 0) is 18.3 Å². The van der Waals surface area contributed by atoms with Gasteiger partial charge in [-0.3, -0.25) is 4.79 Å². The fourth-order valence-corrected chi connectivity index (χ4v) is 3.89. The number of benzene rings is 1. The summed E-state index contributed by atoms with van der Waals surface area (Å²) < 4.78 is 1.91. The molecule has 3 rings (SSSR count). The normalized spacial score (nSPS) is 17.0. The first kappa shape index (κ1) is 17.5. The molecule has 0 saturated carbocycles. The number of aromatic nitrogens is 2. The maximum absolute atomic E-state index is 12.4. The minimum absolute atomic E-state index is 0.150. The van der Waals surface area contributed by atoms with Gasteiger partial charge in [-0.15, -0.1) is 0 Å². The summed E-state index contributed by atoms with van der Waals surface area (Å²) in [5, 5.41) is 9.79. The van der Waals surface area contributed by atoms with E-state index in [1.54, 1.807) is 18.3 Å². The molecule has 0 spiro atoms. The van der Waals surface area contributed by atoms with Crippen LogP contribution in [0.3, 0.4) is 0 Å². The molecule has 1 fully saturated rings. The van der Waals surface area contributed by atoms with Gasteiger partial charge in [0.15, 0.2) is 5.16 Å². The molecule has 1 atom stereocenters. The zero-order valence-corrected chi connectivity index (χ0v) is 14.9. The number of likely N-dealkylation sites (tertiary alicyclic amines) is 1. The molecule has 132 valence electrons. The van der Waals surface area contributed by atoms with E-state index in [1.165, 1.54) is 11.8 Å². The number of amides is 1. The second-order valence-corrected chi connectivity index (χ2v) is 7.25. The van der Waals surface area contributed by atoms with Crippen LogP contribution < -0.4 is 0 Å². The molecule has 1 aliphatic heterocycles. The zero-order valence-electron chi connectivity index (χ0n) is 14.1. The Labute approximate surface area is 150 Å². The van der Waals surface area contributed by atoms with E-state index in [4.69, 9.17) is 5.11 Å². The minimum atomic E-state index is -0.908. The molecule has 0 aliphatic carbocycles. The van der Waals surface area contributed by atoms with Gasteiger partial charge in [-0.2, -0.15) is 0 Å². The molecule has 25 heavy (non-hydrogen) atoms. The summed E-state index contributed by atoms with van der Waals surface area (Å²) in [5.41, 5.74) is 1.42. The smallest absolute Gasteiger partial charge is 0.335 e. The van der Waals surface area contributed by atoms with Crippen molar-refractivity contribution in [2.75, 3.05) is 18.8 Å². The van der Waals surface area contributed by atoms with Crippen LogP contribution >= 0.6 is 11.8 Å². The van der Waals surface area contributed by atoms with E-state index in [9.17, 15) is 9.59 Å². The van der Waals surface area contributed by atoms with Gasteiger partial charge in [0.25, 0.3) is 0 Å². The van der Waals surface area contributed by atoms with Gasteiger partial charge in [0, 0.05) is 32.5 Å². The Kier molecular flexibility index (Phi) is 5.43. The highest BCUT2D eigenvalue weighted by Gasteiger charge is 2.26. The van der Waals surface area contributed by atoms with Gasteiger partial charge in [0.2, 0.25) is 5.91 Å². The second-order valence-electron chi connectivity index (χ2n) is 6.31. The SMILES string of the molecule is Cn1ccnc1SCC(=O)N1CC[C@H](Cc2ccc(C(=O)O)cc2)C1. The Morgan fingerprint density at radius 2 is 2.08 bits per heavy atom. The molecule has 1 saturated heterocycles. The lowest BCUT2D eigenvalue weighted by atomic mass is 9.98. The van der Waals surface area contributed by atoms with Crippen molar-refractivity contribution in [2.45, 2.75) is 18.0 Å². The molecule has 0 unspecified atom stereocenters. The molecule has 1 aliphatic rings. The Morgan fingerprint density at radius 1 is 1.32 bits per heavy atom. The van der Waals surface area contributed by atoms with E-state index in [1.807, 2.05) is 34.8 Å². The van der Waals surface area contributed by atoms with Crippen molar-refractivity contribution in [1.29, 1.82) is 0 Å². The number of thioether (sulfide) groups is 1. The number of hydrogen-bond acceptors (Lipinski definition) is 4. The minimum Gasteiger partial charge on any atom is -0.478 e. The summed E-state index contributed by atoms with van der Waals surface area (Å²) in [4.78, 5) is 29.4. The number of aromatic carboxylic acids is 1. The number of hydrogen-bond donors (Lipinski definition) is 1. The van der Waals surface area contributed by atoms with Gasteiger partial charge >= 0.3 is 5.97 Å². The Bertz CT molecular complexity index is 757. The van der Waals surface area contributed by atoms with Crippen LogP contribution in [0.2, 0.25) is 0 Å². The van der Waals surface area contributed by atoms with E-state index in [0.717, 1.165) is 36.7 Å². The zero-order chi connectivity index (χ0) is 17.8. The highest BCUT2D eigenvalue weighted by atomic mass is 32.2. The third-order valence-corrected chi connectivity index (χ3v) is 5.51. The number of aryl methyl sites for hydroxylation is 1. The summed E-state index contributed by atoms with van der Waals surface area (Å²) in [5.74, 6) is 0.0779. The van der Waals surface area contributed by atoms with E-state index < -0.39 is 5.97 Å². The van der Waals surface area contributed by atoms with Gasteiger partial charge in [-0.1, -0.05) is 23.9 Å². The highest BCUT2D eigenvalue weighted by molar-refractivity contribution is 7.99.